The Morgan fingerprint density at radius 1 is 1.29 bits per heavy atom. The van der Waals surface area contributed by atoms with Crippen LogP contribution in [0.3, 0.4) is 0 Å². The van der Waals surface area contributed by atoms with Gasteiger partial charge in [-0.05, 0) is 31.5 Å². The summed E-state index contributed by atoms with van der Waals surface area (Å²) in [6, 6.07) is 5.69. The number of ether oxygens (including phenoxy) is 1. The predicted octanol–water partition coefficient (Wildman–Crippen LogP) is 2.34. The monoisotopic (exact) mass is 377 g/mol. The highest BCUT2D eigenvalue weighted by Crippen LogP contribution is 2.13. The van der Waals surface area contributed by atoms with Crippen molar-refractivity contribution in [1.82, 2.24) is 5.32 Å². The quantitative estimate of drug-likeness (QED) is 0.414. The van der Waals surface area contributed by atoms with E-state index in [1.165, 1.54) is 12.1 Å². The fourth-order valence-corrected chi connectivity index (χ4v) is 2.19. The lowest BCUT2D eigenvalue weighted by molar-refractivity contribution is -0.148. The van der Waals surface area contributed by atoms with Gasteiger partial charge in [-0.2, -0.15) is 21.0 Å². The van der Waals surface area contributed by atoms with Crippen LogP contribution >= 0.6 is 12.6 Å². The number of thiol groups is 1. The minimum atomic E-state index is -4.02. The second-order valence-electron chi connectivity index (χ2n) is 6.48. The van der Waals surface area contributed by atoms with Crippen molar-refractivity contribution in [2.24, 2.45) is 5.41 Å². The molecular weight excluding hydrogens is 350 g/mol. The number of hydrogen-bond acceptors (Lipinski definition) is 6. The van der Waals surface area contributed by atoms with E-state index in [-0.39, 0.29) is 22.3 Å². The highest BCUT2D eigenvalue weighted by atomic mass is 32.2. The van der Waals surface area contributed by atoms with Gasteiger partial charge in [0.05, 0.1) is 11.5 Å². The molecule has 0 saturated heterocycles. The molecule has 8 heteroatoms. The van der Waals surface area contributed by atoms with Crippen molar-refractivity contribution < 1.29 is 22.5 Å². The minimum absolute atomic E-state index is 0.0184. The van der Waals surface area contributed by atoms with Crippen molar-refractivity contribution in [2.75, 3.05) is 19.4 Å². The summed E-state index contributed by atoms with van der Waals surface area (Å²) < 4.78 is 34.7. The summed E-state index contributed by atoms with van der Waals surface area (Å²) in [5.41, 5.74) is 0.974. The zero-order chi connectivity index (χ0) is 19.0. The van der Waals surface area contributed by atoms with Gasteiger partial charge in [0.25, 0.3) is 10.1 Å². The average Bonchev–Trinajstić information content (AvgIpc) is 2.46. The molecular formula is C16H27NO5S2. The molecule has 1 aromatic rings. The number of esters is 1. The van der Waals surface area contributed by atoms with Crippen molar-refractivity contribution in [1.29, 1.82) is 0 Å². The molecule has 0 aliphatic rings. The molecule has 0 heterocycles. The van der Waals surface area contributed by atoms with Gasteiger partial charge in [-0.1, -0.05) is 38.5 Å². The van der Waals surface area contributed by atoms with Gasteiger partial charge < -0.3 is 10.1 Å². The lowest BCUT2D eigenvalue weighted by Gasteiger charge is -2.20. The number of carbonyl (C=O) groups is 1. The standard InChI is InChI=1S/C9H19NO2S.C7H8O3S/c1-9(2,3)6-12-8(11)7(5-13)10-4;1-6-2-4-7(5-3-6)11(8,9)10/h7,10,13H,5-6H2,1-4H3;2-5H,1H3,(H,8,9,10)/t7-;/m0./s1. The van der Waals surface area contributed by atoms with E-state index < -0.39 is 10.1 Å². The summed E-state index contributed by atoms with van der Waals surface area (Å²) in [5, 5.41) is 2.84. The Bertz CT molecular complexity index is 602. The molecule has 0 aromatic heterocycles. The van der Waals surface area contributed by atoms with Crippen LogP contribution in [0.1, 0.15) is 26.3 Å². The molecule has 24 heavy (non-hydrogen) atoms. The molecule has 1 atom stereocenters. The van der Waals surface area contributed by atoms with E-state index >= 15 is 0 Å². The molecule has 0 saturated carbocycles. The van der Waals surface area contributed by atoms with Gasteiger partial charge in [0.2, 0.25) is 0 Å². The van der Waals surface area contributed by atoms with Gasteiger partial charge >= 0.3 is 5.97 Å². The molecule has 6 nitrogen and oxygen atoms in total. The fraction of sp³-hybridized carbons (Fsp3) is 0.562. The van der Waals surface area contributed by atoms with Crippen molar-refractivity contribution in [3.05, 3.63) is 29.8 Å². The van der Waals surface area contributed by atoms with Crippen molar-refractivity contribution in [3.63, 3.8) is 0 Å². The molecule has 1 aromatic carbocycles. The third-order valence-electron chi connectivity index (χ3n) is 2.78. The van der Waals surface area contributed by atoms with E-state index in [1.54, 1.807) is 19.2 Å². The SMILES string of the molecule is CN[C@@H](CS)C(=O)OCC(C)(C)C.Cc1ccc(S(=O)(=O)O)cc1. The van der Waals surface area contributed by atoms with Gasteiger partial charge in [0.15, 0.2) is 0 Å². The number of nitrogens with one attached hydrogen (secondary N) is 1. The van der Waals surface area contributed by atoms with E-state index in [9.17, 15) is 13.2 Å². The van der Waals surface area contributed by atoms with Crippen LogP contribution in [0.2, 0.25) is 0 Å². The maximum absolute atomic E-state index is 11.3. The average molecular weight is 378 g/mol. The second-order valence-corrected chi connectivity index (χ2v) is 8.27. The third kappa shape index (κ3) is 9.92. The molecule has 0 bridgehead atoms. The number of rotatable bonds is 5. The van der Waals surface area contributed by atoms with E-state index in [2.05, 4.69) is 17.9 Å². The highest BCUT2D eigenvalue weighted by Gasteiger charge is 2.19. The summed E-state index contributed by atoms with van der Waals surface area (Å²) in [6.07, 6.45) is 0. The van der Waals surface area contributed by atoms with Crippen molar-refractivity contribution in [2.45, 2.75) is 38.6 Å². The molecule has 0 fully saturated rings. The van der Waals surface area contributed by atoms with Crippen LogP contribution < -0.4 is 5.32 Å². The maximum atomic E-state index is 11.3. The largest absolute Gasteiger partial charge is 0.464 e. The van der Waals surface area contributed by atoms with Gasteiger partial charge in [-0.25, -0.2) is 0 Å². The Morgan fingerprint density at radius 3 is 2.12 bits per heavy atom. The summed E-state index contributed by atoms with van der Waals surface area (Å²) >= 11 is 4.04. The normalized spacial score (nSPS) is 12.8. The first-order chi connectivity index (χ1) is 10.9. The zero-order valence-electron chi connectivity index (χ0n) is 14.7. The minimum Gasteiger partial charge on any atom is -0.464 e. The molecule has 138 valence electrons. The first-order valence-corrected chi connectivity index (χ1v) is 9.47. The topological polar surface area (TPSA) is 92.7 Å². The van der Waals surface area contributed by atoms with Crippen LogP contribution in [0.25, 0.3) is 0 Å². The summed E-state index contributed by atoms with van der Waals surface area (Å²) in [4.78, 5) is 11.3. The molecule has 0 aliphatic heterocycles. The van der Waals surface area contributed by atoms with E-state index in [4.69, 9.17) is 9.29 Å². The van der Waals surface area contributed by atoms with Crippen LogP contribution in [0.15, 0.2) is 29.2 Å². The molecule has 2 N–H and O–H groups in total. The maximum Gasteiger partial charge on any atom is 0.323 e. The van der Waals surface area contributed by atoms with Crippen molar-refractivity contribution in [3.8, 4) is 0 Å². The summed E-state index contributed by atoms with van der Waals surface area (Å²) in [6.45, 7) is 8.35. The van der Waals surface area contributed by atoms with E-state index in [0.717, 1.165) is 5.56 Å². The lowest BCUT2D eigenvalue weighted by atomic mass is 9.99. The third-order valence-corrected chi connectivity index (χ3v) is 4.01. The number of benzene rings is 1. The highest BCUT2D eigenvalue weighted by molar-refractivity contribution is 7.85. The Hall–Kier alpha value is -1.09. The smallest absolute Gasteiger partial charge is 0.323 e. The molecule has 0 spiro atoms. The second kappa shape index (κ2) is 10.0. The molecule has 0 aliphatic carbocycles. The number of likely N-dealkylation sites (N-methyl/N-ethyl adjacent to an activating group) is 1. The first kappa shape index (κ1) is 22.9. The van der Waals surface area contributed by atoms with Gasteiger partial charge in [-0.3, -0.25) is 9.35 Å². The number of hydrogen-bond donors (Lipinski definition) is 3. The Balaban J connectivity index is 0.000000446. The van der Waals surface area contributed by atoms with Crippen molar-refractivity contribution >= 4 is 28.7 Å². The Labute approximate surface area is 150 Å². The van der Waals surface area contributed by atoms with Crippen LogP contribution in [-0.2, 0) is 19.6 Å². The zero-order valence-corrected chi connectivity index (χ0v) is 16.4. The molecule has 0 radical (unpaired) electrons. The lowest BCUT2D eigenvalue weighted by Crippen LogP contribution is -2.38. The van der Waals surface area contributed by atoms with E-state index in [0.29, 0.717) is 12.4 Å². The van der Waals surface area contributed by atoms with Crippen LogP contribution in [0, 0.1) is 12.3 Å². The molecule has 0 amide bonds. The number of aryl methyl sites for hydroxylation is 1. The Morgan fingerprint density at radius 2 is 1.79 bits per heavy atom. The molecule has 0 unspecified atom stereocenters. The van der Waals surface area contributed by atoms with Crippen LogP contribution in [0.4, 0.5) is 0 Å². The van der Waals surface area contributed by atoms with Gasteiger partial charge in [-0.15, -0.1) is 0 Å². The predicted molar refractivity (Wildman–Crippen MR) is 98.1 cm³/mol. The summed E-state index contributed by atoms with van der Waals surface area (Å²) in [5.74, 6) is 0.229. The Kier molecular flexibility index (Phi) is 9.57. The van der Waals surface area contributed by atoms with Gasteiger partial charge in [0.1, 0.15) is 6.04 Å². The summed E-state index contributed by atoms with van der Waals surface area (Å²) in [7, 11) is -2.30. The first-order valence-electron chi connectivity index (χ1n) is 7.39. The number of carbonyl (C=O) groups excluding carboxylic acids is 1. The molecule has 1 rings (SSSR count). The van der Waals surface area contributed by atoms with E-state index in [1.807, 2.05) is 27.7 Å². The van der Waals surface area contributed by atoms with Crippen LogP contribution in [0.5, 0.6) is 0 Å². The van der Waals surface area contributed by atoms with Gasteiger partial charge in [0, 0.05) is 5.75 Å². The fourth-order valence-electron chi connectivity index (χ4n) is 1.38. The van der Waals surface area contributed by atoms with Crippen LogP contribution in [-0.4, -0.2) is 44.4 Å².